The molecule has 0 amide bonds. The number of hydrogen-bond acceptors (Lipinski definition) is 1. The van der Waals surface area contributed by atoms with Gasteiger partial charge in [-0.15, -0.1) is 0 Å². The molecule has 3 saturated carbocycles. The molecule has 3 unspecified atom stereocenters. The van der Waals surface area contributed by atoms with Gasteiger partial charge >= 0.3 is 5.97 Å². The molecule has 1 aromatic rings. The number of fused-ring (bicyclic) bond motifs is 1. The van der Waals surface area contributed by atoms with E-state index in [1.807, 2.05) is 6.07 Å². The molecule has 2 heteroatoms. The minimum Gasteiger partial charge on any atom is -0.481 e. The van der Waals surface area contributed by atoms with Crippen LogP contribution in [-0.2, 0) is 10.2 Å². The van der Waals surface area contributed by atoms with Crippen molar-refractivity contribution >= 4 is 5.97 Å². The molecule has 4 rings (SSSR count). The van der Waals surface area contributed by atoms with E-state index in [0.717, 1.165) is 19.3 Å². The fourth-order valence-corrected chi connectivity index (χ4v) is 3.81. The summed E-state index contributed by atoms with van der Waals surface area (Å²) < 4.78 is 0. The van der Waals surface area contributed by atoms with Crippen LogP contribution in [0.4, 0.5) is 0 Å². The Morgan fingerprint density at radius 3 is 2.94 bits per heavy atom. The smallest absolute Gasteiger partial charge is 0.307 e. The van der Waals surface area contributed by atoms with Crippen LogP contribution in [0.15, 0.2) is 24.3 Å². The Morgan fingerprint density at radius 1 is 1.50 bits per heavy atom. The molecule has 2 bridgehead atoms. The van der Waals surface area contributed by atoms with E-state index in [1.54, 1.807) is 0 Å². The van der Waals surface area contributed by atoms with E-state index in [9.17, 15) is 9.90 Å². The van der Waals surface area contributed by atoms with E-state index in [1.165, 1.54) is 11.1 Å². The third-order valence-electron chi connectivity index (χ3n) is 4.51. The summed E-state index contributed by atoms with van der Waals surface area (Å²) in [7, 11) is 0. The first kappa shape index (κ1) is 9.88. The van der Waals surface area contributed by atoms with Gasteiger partial charge in [0.15, 0.2) is 0 Å². The molecular weight excluding hydrogens is 200 g/mol. The molecule has 84 valence electrons. The van der Waals surface area contributed by atoms with E-state index >= 15 is 0 Å². The molecular formula is C14H16O2. The van der Waals surface area contributed by atoms with E-state index in [2.05, 4.69) is 25.1 Å². The predicted octanol–water partition coefficient (Wildman–Crippen LogP) is 2.75. The Balaban J connectivity index is 2.03. The van der Waals surface area contributed by atoms with Gasteiger partial charge in [-0.25, -0.2) is 0 Å². The van der Waals surface area contributed by atoms with Crippen LogP contribution in [0.2, 0.25) is 0 Å². The van der Waals surface area contributed by atoms with Crippen LogP contribution in [0.1, 0.15) is 30.4 Å². The number of carboxylic acids is 1. The van der Waals surface area contributed by atoms with Crippen molar-refractivity contribution in [3.05, 3.63) is 35.4 Å². The van der Waals surface area contributed by atoms with E-state index in [-0.39, 0.29) is 11.3 Å². The number of rotatable bonds is 2. The van der Waals surface area contributed by atoms with Gasteiger partial charge < -0.3 is 5.11 Å². The van der Waals surface area contributed by atoms with Crippen molar-refractivity contribution in [2.75, 3.05) is 0 Å². The van der Waals surface area contributed by atoms with Crippen molar-refractivity contribution in [2.45, 2.75) is 31.6 Å². The number of aryl methyl sites for hydroxylation is 1. The summed E-state index contributed by atoms with van der Waals surface area (Å²) in [6, 6.07) is 8.38. The van der Waals surface area contributed by atoms with Gasteiger partial charge in [-0.2, -0.15) is 0 Å². The third-order valence-corrected chi connectivity index (χ3v) is 4.51. The maximum atomic E-state index is 11.3. The highest BCUT2D eigenvalue weighted by atomic mass is 16.4. The summed E-state index contributed by atoms with van der Waals surface area (Å²) in [4.78, 5) is 11.3. The second kappa shape index (κ2) is 3.09. The summed E-state index contributed by atoms with van der Waals surface area (Å²) in [5.41, 5.74) is 2.43. The Labute approximate surface area is 95.3 Å². The molecule has 2 nitrogen and oxygen atoms in total. The monoisotopic (exact) mass is 216 g/mol. The van der Waals surface area contributed by atoms with Gasteiger partial charge in [-0.1, -0.05) is 29.8 Å². The molecule has 0 saturated heterocycles. The molecule has 16 heavy (non-hydrogen) atoms. The van der Waals surface area contributed by atoms with Crippen molar-refractivity contribution < 1.29 is 9.90 Å². The van der Waals surface area contributed by atoms with E-state index in [4.69, 9.17) is 0 Å². The molecule has 0 heterocycles. The summed E-state index contributed by atoms with van der Waals surface area (Å²) >= 11 is 0. The molecule has 0 radical (unpaired) electrons. The summed E-state index contributed by atoms with van der Waals surface area (Å²) in [6.07, 6.45) is 3.22. The number of benzene rings is 1. The lowest BCUT2D eigenvalue weighted by atomic mass is 9.57. The van der Waals surface area contributed by atoms with Crippen LogP contribution in [0.3, 0.4) is 0 Å². The SMILES string of the molecule is Cc1cccc(C23CCC(C2)C3C(=O)O)c1. The second-order valence-corrected chi connectivity index (χ2v) is 5.34. The van der Waals surface area contributed by atoms with Crippen molar-refractivity contribution in [1.29, 1.82) is 0 Å². The van der Waals surface area contributed by atoms with Crippen LogP contribution in [0.25, 0.3) is 0 Å². The largest absolute Gasteiger partial charge is 0.481 e. The molecule has 0 aliphatic heterocycles. The minimum absolute atomic E-state index is 0.0392. The normalized spacial score (nSPS) is 35.8. The number of hydrogen-bond donors (Lipinski definition) is 1. The van der Waals surface area contributed by atoms with Gasteiger partial charge in [0.25, 0.3) is 0 Å². The zero-order valence-electron chi connectivity index (χ0n) is 9.44. The lowest BCUT2D eigenvalue weighted by Crippen LogP contribution is -2.48. The first-order valence-corrected chi connectivity index (χ1v) is 5.93. The van der Waals surface area contributed by atoms with Gasteiger partial charge in [0.05, 0.1) is 5.92 Å². The number of carboxylic acid groups (broad SMARTS) is 1. The number of aliphatic carboxylic acids is 1. The highest BCUT2D eigenvalue weighted by molar-refractivity contribution is 5.75. The first-order chi connectivity index (χ1) is 7.63. The molecule has 3 fully saturated rings. The van der Waals surface area contributed by atoms with Gasteiger partial charge in [0.1, 0.15) is 0 Å². The lowest BCUT2D eigenvalue weighted by Gasteiger charge is -2.45. The summed E-state index contributed by atoms with van der Waals surface area (Å²) in [5, 5.41) is 9.31. The quantitative estimate of drug-likeness (QED) is 0.825. The van der Waals surface area contributed by atoms with Gasteiger partial charge in [0.2, 0.25) is 0 Å². The molecule has 0 spiro atoms. The molecule has 3 aliphatic rings. The molecule has 0 aromatic heterocycles. The zero-order valence-corrected chi connectivity index (χ0v) is 9.44. The molecule has 3 atom stereocenters. The Hall–Kier alpha value is -1.31. The van der Waals surface area contributed by atoms with Crippen LogP contribution in [-0.4, -0.2) is 11.1 Å². The Kier molecular flexibility index (Phi) is 1.91. The second-order valence-electron chi connectivity index (χ2n) is 5.34. The topological polar surface area (TPSA) is 37.3 Å². The zero-order chi connectivity index (χ0) is 11.3. The van der Waals surface area contributed by atoms with Crippen LogP contribution in [0.5, 0.6) is 0 Å². The Morgan fingerprint density at radius 2 is 2.31 bits per heavy atom. The minimum atomic E-state index is -0.602. The average Bonchev–Trinajstić information content (AvgIpc) is 2.74. The highest BCUT2D eigenvalue weighted by Gasteiger charge is 2.62. The Bertz CT molecular complexity index is 448. The third kappa shape index (κ3) is 1.10. The maximum Gasteiger partial charge on any atom is 0.307 e. The average molecular weight is 216 g/mol. The summed E-state index contributed by atoms with van der Waals surface area (Å²) in [6.45, 7) is 2.07. The highest BCUT2D eigenvalue weighted by Crippen LogP contribution is 2.63. The van der Waals surface area contributed by atoms with Gasteiger partial charge in [0, 0.05) is 5.41 Å². The van der Waals surface area contributed by atoms with E-state index in [0.29, 0.717) is 5.92 Å². The fourth-order valence-electron chi connectivity index (χ4n) is 3.81. The maximum absolute atomic E-state index is 11.3. The standard InChI is InChI=1S/C14H16O2/c1-9-3-2-4-11(7-9)14-6-5-10(8-14)12(14)13(15)16/h2-4,7,10,12H,5-6,8H2,1H3,(H,15,16). The van der Waals surface area contributed by atoms with Crippen LogP contribution < -0.4 is 0 Å². The predicted molar refractivity (Wildman–Crippen MR) is 61.3 cm³/mol. The molecule has 1 N–H and O–H groups in total. The van der Waals surface area contributed by atoms with Crippen LogP contribution in [0, 0.1) is 18.8 Å². The van der Waals surface area contributed by atoms with Crippen molar-refractivity contribution in [3.8, 4) is 0 Å². The fraction of sp³-hybridized carbons (Fsp3) is 0.500. The van der Waals surface area contributed by atoms with Crippen molar-refractivity contribution in [1.82, 2.24) is 0 Å². The number of carbonyl (C=O) groups is 1. The van der Waals surface area contributed by atoms with Gasteiger partial charge in [-0.3, -0.25) is 4.79 Å². The van der Waals surface area contributed by atoms with Crippen molar-refractivity contribution in [2.24, 2.45) is 11.8 Å². The molecule has 1 aromatic carbocycles. The van der Waals surface area contributed by atoms with Gasteiger partial charge in [-0.05, 0) is 37.7 Å². The van der Waals surface area contributed by atoms with Crippen molar-refractivity contribution in [3.63, 3.8) is 0 Å². The molecule has 3 aliphatic carbocycles. The summed E-state index contributed by atoms with van der Waals surface area (Å²) in [5.74, 6) is -0.303. The van der Waals surface area contributed by atoms with Crippen LogP contribution >= 0.6 is 0 Å². The van der Waals surface area contributed by atoms with E-state index < -0.39 is 5.97 Å². The first-order valence-electron chi connectivity index (χ1n) is 5.93. The lowest BCUT2D eigenvalue weighted by molar-refractivity contribution is -0.150.